The molecule has 0 unspecified atom stereocenters. The van der Waals surface area contributed by atoms with Crippen molar-refractivity contribution in [2.75, 3.05) is 0 Å². The molecule has 2 fully saturated rings. The molecule has 4 atom stereocenters. The van der Waals surface area contributed by atoms with Gasteiger partial charge in [-0.15, -0.1) is 0 Å². The molecule has 0 aromatic carbocycles. The number of hydrogen-bond donors (Lipinski definition) is 0. The molecule has 76 valence electrons. The first kappa shape index (κ1) is 9.66. The summed E-state index contributed by atoms with van der Waals surface area (Å²) in [5.74, 6) is 1.26. The normalized spacial score (nSPS) is 48.8. The molecule has 2 nitrogen and oxygen atoms in total. The largest absolute Gasteiger partial charge is 0.286 e. The molecule has 2 rings (SSSR count). The predicted molar refractivity (Wildman–Crippen MR) is 53.6 cm³/mol. The van der Waals surface area contributed by atoms with Gasteiger partial charge in [0.2, 0.25) is 0 Å². The van der Waals surface area contributed by atoms with Crippen molar-refractivity contribution in [3.63, 3.8) is 0 Å². The van der Waals surface area contributed by atoms with Crippen LogP contribution >= 0.6 is 0 Å². The van der Waals surface area contributed by atoms with Crippen LogP contribution in [0.1, 0.15) is 40.0 Å². The molecule has 0 aromatic heterocycles. The van der Waals surface area contributed by atoms with E-state index in [-0.39, 0.29) is 10.9 Å². The lowest BCUT2D eigenvalue weighted by atomic mass is 9.75. The van der Waals surface area contributed by atoms with Gasteiger partial charge in [-0.05, 0) is 32.6 Å². The maximum Gasteiger partial charge on any atom is 0.161 e. The van der Waals surface area contributed by atoms with Crippen LogP contribution < -0.4 is 0 Å². The third kappa shape index (κ3) is 1.46. The minimum atomic E-state index is -1.07. The number of hydrogen-bond acceptors (Lipinski definition) is 2. The molecule has 13 heavy (non-hydrogen) atoms. The molecule has 1 saturated carbocycles. The van der Waals surface area contributed by atoms with Crippen molar-refractivity contribution in [3.8, 4) is 0 Å². The summed E-state index contributed by atoms with van der Waals surface area (Å²) >= 11 is -1.07. The van der Waals surface area contributed by atoms with E-state index in [1.807, 2.05) is 0 Å². The molecule has 1 heterocycles. The van der Waals surface area contributed by atoms with Crippen LogP contribution in [0.3, 0.4) is 0 Å². The Bertz CT molecular complexity index is 237. The molecule has 1 aliphatic carbocycles. The Balaban J connectivity index is 2.18. The van der Waals surface area contributed by atoms with Crippen LogP contribution in [0.2, 0.25) is 0 Å². The van der Waals surface area contributed by atoms with Crippen molar-refractivity contribution in [3.05, 3.63) is 0 Å². The highest BCUT2D eigenvalue weighted by molar-refractivity contribution is 7.81. The molecule has 3 heteroatoms. The van der Waals surface area contributed by atoms with E-state index in [1.165, 1.54) is 12.8 Å². The highest BCUT2D eigenvalue weighted by Crippen LogP contribution is 2.45. The van der Waals surface area contributed by atoms with Gasteiger partial charge in [-0.2, -0.15) is 0 Å². The quantitative estimate of drug-likeness (QED) is 0.602. The van der Waals surface area contributed by atoms with E-state index in [2.05, 4.69) is 20.8 Å². The van der Waals surface area contributed by atoms with Crippen molar-refractivity contribution in [1.82, 2.24) is 0 Å². The van der Waals surface area contributed by atoms with Crippen LogP contribution in [0.25, 0.3) is 0 Å². The van der Waals surface area contributed by atoms with Crippen molar-refractivity contribution >= 4 is 11.1 Å². The molecular weight excluding hydrogens is 184 g/mol. The Hall–Kier alpha value is 0.110. The predicted octanol–water partition coefficient (Wildman–Crippen LogP) is 2.26. The van der Waals surface area contributed by atoms with Gasteiger partial charge in [-0.25, -0.2) is 4.21 Å². The minimum Gasteiger partial charge on any atom is -0.286 e. The molecule has 1 saturated heterocycles. The Morgan fingerprint density at radius 2 is 2.08 bits per heavy atom. The zero-order valence-corrected chi connectivity index (χ0v) is 9.39. The molecule has 1 aliphatic heterocycles. The standard InChI is InChI=1S/C10H18O2S/c1-7-4-5-8-9(6-7)12-13(11)10(8,2)3/h7-9H,4-6H2,1-3H3/t7-,8-,9-,13+/m1/s1. The Morgan fingerprint density at radius 1 is 1.38 bits per heavy atom. The molecular formula is C10H18O2S. The molecule has 0 aromatic rings. The van der Waals surface area contributed by atoms with Gasteiger partial charge in [0.15, 0.2) is 11.1 Å². The van der Waals surface area contributed by atoms with E-state index >= 15 is 0 Å². The second kappa shape index (κ2) is 3.06. The van der Waals surface area contributed by atoms with Crippen LogP contribution in [0, 0.1) is 11.8 Å². The smallest absolute Gasteiger partial charge is 0.161 e. The van der Waals surface area contributed by atoms with Gasteiger partial charge in [0.05, 0.1) is 10.9 Å². The van der Waals surface area contributed by atoms with Crippen LogP contribution in [0.15, 0.2) is 0 Å². The van der Waals surface area contributed by atoms with E-state index in [9.17, 15) is 4.21 Å². The topological polar surface area (TPSA) is 26.3 Å². The van der Waals surface area contributed by atoms with Crippen LogP contribution in [0.4, 0.5) is 0 Å². The molecule has 2 aliphatic rings. The second-order valence-corrected chi connectivity index (χ2v) is 6.71. The van der Waals surface area contributed by atoms with E-state index in [0.29, 0.717) is 5.92 Å². The molecule has 0 spiro atoms. The van der Waals surface area contributed by atoms with Crippen molar-refractivity contribution < 1.29 is 8.39 Å². The zero-order chi connectivity index (χ0) is 9.64. The van der Waals surface area contributed by atoms with E-state index < -0.39 is 11.1 Å². The zero-order valence-electron chi connectivity index (χ0n) is 8.58. The average molecular weight is 202 g/mol. The van der Waals surface area contributed by atoms with Gasteiger partial charge in [0.25, 0.3) is 0 Å². The van der Waals surface area contributed by atoms with Crippen molar-refractivity contribution in [2.24, 2.45) is 11.8 Å². The summed E-state index contributed by atoms with van der Waals surface area (Å²) in [7, 11) is 0. The van der Waals surface area contributed by atoms with Gasteiger partial charge in [0.1, 0.15) is 0 Å². The highest BCUT2D eigenvalue weighted by atomic mass is 32.2. The summed E-state index contributed by atoms with van der Waals surface area (Å²) in [5.41, 5.74) is 0. The van der Waals surface area contributed by atoms with E-state index in [0.717, 1.165) is 12.3 Å². The summed E-state index contributed by atoms with van der Waals surface area (Å²) in [4.78, 5) is 0. The van der Waals surface area contributed by atoms with Crippen molar-refractivity contribution in [2.45, 2.75) is 50.9 Å². The molecule has 0 amide bonds. The van der Waals surface area contributed by atoms with Gasteiger partial charge >= 0.3 is 0 Å². The SMILES string of the molecule is C[C@@H]1CC[C@@H]2[C@@H](C1)O[S@](=O)C2(C)C. The van der Waals surface area contributed by atoms with E-state index in [1.54, 1.807) is 0 Å². The highest BCUT2D eigenvalue weighted by Gasteiger charge is 2.50. The lowest BCUT2D eigenvalue weighted by molar-refractivity contribution is 0.103. The third-order valence-corrected chi connectivity index (χ3v) is 5.17. The van der Waals surface area contributed by atoms with E-state index in [4.69, 9.17) is 4.18 Å². The van der Waals surface area contributed by atoms with Gasteiger partial charge in [-0.1, -0.05) is 13.3 Å². The number of rotatable bonds is 0. The first-order valence-electron chi connectivity index (χ1n) is 5.11. The van der Waals surface area contributed by atoms with Crippen molar-refractivity contribution in [1.29, 1.82) is 0 Å². The maximum absolute atomic E-state index is 11.7. The monoisotopic (exact) mass is 202 g/mol. The van der Waals surface area contributed by atoms with Gasteiger partial charge < -0.3 is 0 Å². The summed E-state index contributed by atoms with van der Waals surface area (Å²) in [6, 6.07) is 0. The molecule has 0 radical (unpaired) electrons. The fraction of sp³-hybridized carbons (Fsp3) is 1.00. The minimum absolute atomic E-state index is 0.120. The number of fused-ring (bicyclic) bond motifs is 1. The lowest BCUT2D eigenvalue weighted by Crippen LogP contribution is -2.36. The fourth-order valence-corrected chi connectivity index (χ4v) is 3.79. The lowest BCUT2D eigenvalue weighted by Gasteiger charge is -2.32. The fourth-order valence-electron chi connectivity index (χ4n) is 2.59. The summed E-state index contributed by atoms with van der Waals surface area (Å²) in [6.07, 6.45) is 3.81. The summed E-state index contributed by atoms with van der Waals surface area (Å²) < 4.78 is 17.1. The Kier molecular flexibility index (Phi) is 2.27. The summed E-state index contributed by atoms with van der Waals surface area (Å²) in [6.45, 7) is 6.40. The second-order valence-electron chi connectivity index (χ2n) is 5.00. The van der Waals surface area contributed by atoms with Gasteiger partial charge in [-0.3, -0.25) is 4.18 Å². The van der Waals surface area contributed by atoms with Crippen LogP contribution in [-0.4, -0.2) is 15.1 Å². The van der Waals surface area contributed by atoms with Gasteiger partial charge in [0, 0.05) is 5.92 Å². The summed E-state index contributed by atoms with van der Waals surface area (Å²) in [5, 5.41) is 0. The Labute approximate surface area is 82.7 Å². The molecule has 0 N–H and O–H groups in total. The third-order valence-electron chi connectivity index (χ3n) is 3.59. The van der Waals surface area contributed by atoms with Crippen LogP contribution in [0.5, 0.6) is 0 Å². The first-order valence-corrected chi connectivity index (χ1v) is 6.18. The van der Waals surface area contributed by atoms with Crippen LogP contribution in [-0.2, 0) is 15.3 Å². The average Bonchev–Trinajstić information content (AvgIpc) is 2.23. The first-order chi connectivity index (χ1) is 6.01. The maximum atomic E-state index is 11.7. The molecule has 0 bridgehead atoms. The Morgan fingerprint density at radius 3 is 2.77 bits per heavy atom.